The van der Waals surface area contributed by atoms with Crippen LogP contribution in [0.3, 0.4) is 0 Å². The highest BCUT2D eigenvalue weighted by Crippen LogP contribution is 2.29. The molecule has 0 spiro atoms. The summed E-state index contributed by atoms with van der Waals surface area (Å²) in [6.07, 6.45) is 3.26. The molecule has 6 nitrogen and oxygen atoms in total. The zero-order chi connectivity index (χ0) is 20.6. The zero-order valence-electron chi connectivity index (χ0n) is 17.1. The molecule has 2 aromatic rings. The number of hydrogen-bond donors (Lipinski definition) is 0. The summed E-state index contributed by atoms with van der Waals surface area (Å²) in [6.45, 7) is 3.85. The van der Waals surface area contributed by atoms with Crippen LogP contribution in [0.25, 0.3) is 0 Å². The third kappa shape index (κ3) is 5.28. The molecule has 2 amide bonds. The highest BCUT2D eigenvalue weighted by Gasteiger charge is 2.19. The number of ether oxygens (including phenoxy) is 2. The molecule has 3 rings (SSSR count). The number of amides is 2. The molecule has 0 unspecified atom stereocenters. The van der Waals surface area contributed by atoms with Crippen LogP contribution in [-0.4, -0.2) is 50.1 Å². The topological polar surface area (TPSA) is 59.1 Å². The molecule has 1 heterocycles. The molecular formula is C23H28N2O4. The zero-order valence-corrected chi connectivity index (χ0v) is 17.1. The molecule has 6 heteroatoms. The van der Waals surface area contributed by atoms with Crippen molar-refractivity contribution in [2.24, 2.45) is 0 Å². The van der Waals surface area contributed by atoms with Gasteiger partial charge in [-0.25, -0.2) is 0 Å². The van der Waals surface area contributed by atoms with E-state index in [1.165, 1.54) is 6.42 Å². The molecule has 0 atom stereocenters. The molecule has 29 heavy (non-hydrogen) atoms. The molecule has 1 aliphatic rings. The number of carbonyl (C=O) groups excluding carboxylic acids is 2. The third-order valence-corrected chi connectivity index (χ3v) is 5.00. The maximum atomic E-state index is 12.9. The Morgan fingerprint density at radius 2 is 1.69 bits per heavy atom. The molecule has 1 fully saturated rings. The van der Waals surface area contributed by atoms with Gasteiger partial charge in [0.15, 0.2) is 18.1 Å². The predicted octanol–water partition coefficient (Wildman–Crippen LogP) is 3.75. The first-order chi connectivity index (χ1) is 14.1. The molecule has 0 radical (unpaired) electrons. The average molecular weight is 396 g/mol. The Morgan fingerprint density at radius 3 is 2.38 bits per heavy atom. The van der Waals surface area contributed by atoms with E-state index in [0.29, 0.717) is 23.7 Å². The lowest BCUT2D eigenvalue weighted by Gasteiger charge is -2.26. The van der Waals surface area contributed by atoms with Gasteiger partial charge in [0, 0.05) is 31.4 Å². The number of benzene rings is 2. The van der Waals surface area contributed by atoms with Crippen LogP contribution in [0.5, 0.6) is 11.5 Å². The van der Waals surface area contributed by atoms with Crippen molar-refractivity contribution < 1.29 is 19.1 Å². The van der Waals surface area contributed by atoms with Crippen molar-refractivity contribution in [2.75, 3.05) is 38.3 Å². The summed E-state index contributed by atoms with van der Waals surface area (Å²) in [6, 6.07) is 14.5. The summed E-state index contributed by atoms with van der Waals surface area (Å²) in [7, 11) is 1.74. The molecule has 0 aromatic heterocycles. The van der Waals surface area contributed by atoms with E-state index in [-0.39, 0.29) is 18.4 Å². The van der Waals surface area contributed by atoms with Crippen LogP contribution < -0.4 is 14.4 Å². The minimum absolute atomic E-state index is 0.0175. The normalized spacial score (nSPS) is 13.7. The van der Waals surface area contributed by atoms with E-state index >= 15 is 0 Å². The van der Waals surface area contributed by atoms with E-state index in [4.69, 9.17) is 9.47 Å². The van der Waals surface area contributed by atoms with E-state index in [9.17, 15) is 9.59 Å². The molecule has 1 aliphatic heterocycles. The smallest absolute Gasteiger partial charge is 0.260 e. The maximum absolute atomic E-state index is 12.9. The summed E-state index contributed by atoms with van der Waals surface area (Å²) in [5, 5.41) is 0. The summed E-state index contributed by atoms with van der Waals surface area (Å²) >= 11 is 0. The summed E-state index contributed by atoms with van der Waals surface area (Å²) in [5.41, 5.74) is 1.30. The third-order valence-electron chi connectivity index (χ3n) is 5.00. The number of para-hydroxylation sites is 1. The summed E-state index contributed by atoms with van der Waals surface area (Å²) < 4.78 is 11.4. The second-order valence-electron chi connectivity index (χ2n) is 7.02. The number of hydrogen-bond acceptors (Lipinski definition) is 4. The van der Waals surface area contributed by atoms with E-state index in [1.54, 1.807) is 30.1 Å². The largest absolute Gasteiger partial charge is 0.490 e. The van der Waals surface area contributed by atoms with Gasteiger partial charge in [0.1, 0.15) is 0 Å². The van der Waals surface area contributed by atoms with E-state index in [1.807, 2.05) is 42.2 Å². The number of carbonyl (C=O) groups is 2. The lowest BCUT2D eigenvalue weighted by Crippen LogP contribution is -2.38. The predicted molar refractivity (Wildman–Crippen MR) is 113 cm³/mol. The van der Waals surface area contributed by atoms with Crippen LogP contribution in [-0.2, 0) is 4.79 Å². The Bertz CT molecular complexity index is 832. The van der Waals surface area contributed by atoms with Gasteiger partial charge in [0.25, 0.3) is 11.8 Å². The van der Waals surface area contributed by atoms with Crippen molar-refractivity contribution in [3.05, 3.63) is 54.1 Å². The Hall–Kier alpha value is -3.02. The molecule has 0 aliphatic carbocycles. The minimum Gasteiger partial charge on any atom is -0.490 e. The van der Waals surface area contributed by atoms with E-state index in [0.717, 1.165) is 31.6 Å². The van der Waals surface area contributed by atoms with Crippen LogP contribution in [0.4, 0.5) is 5.69 Å². The first-order valence-electron chi connectivity index (χ1n) is 10.1. The van der Waals surface area contributed by atoms with Crippen molar-refractivity contribution in [2.45, 2.75) is 26.2 Å². The van der Waals surface area contributed by atoms with Crippen molar-refractivity contribution in [1.82, 2.24) is 4.90 Å². The van der Waals surface area contributed by atoms with Gasteiger partial charge in [0.05, 0.1) is 6.61 Å². The molecule has 2 aromatic carbocycles. The van der Waals surface area contributed by atoms with Crippen LogP contribution in [0.1, 0.15) is 36.5 Å². The maximum Gasteiger partial charge on any atom is 0.260 e. The Morgan fingerprint density at radius 1 is 0.966 bits per heavy atom. The van der Waals surface area contributed by atoms with Crippen molar-refractivity contribution >= 4 is 17.5 Å². The Balaban J connectivity index is 1.71. The number of nitrogens with zero attached hydrogens (tertiary/aromatic N) is 2. The Labute approximate surface area is 172 Å². The van der Waals surface area contributed by atoms with Gasteiger partial charge >= 0.3 is 0 Å². The monoisotopic (exact) mass is 396 g/mol. The molecule has 0 saturated carbocycles. The van der Waals surface area contributed by atoms with Crippen LogP contribution >= 0.6 is 0 Å². The lowest BCUT2D eigenvalue weighted by atomic mass is 10.1. The van der Waals surface area contributed by atoms with Crippen molar-refractivity contribution in [1.29, 1.82) is 0 Å². The van der Waals surface area contributed by atoms with Gasteiger partial charge in [-0.3, -0.25) is 9.59 Å². The number of anilines is 1. The molecule has 0 N–H and O–H groups in total. The standard InChI is InChI=1S/C23H28N2O4/c1-3-28-21-16-18(23(27)24(2)19-10-6-4-7-11-19)12-13-20(21)29-17-22(26)25-14-8-5-9-15-25/h4,6-7,10-13,16H,3,5,8-9,14-15,17H2,1-2H3. The van der Waals surface area contributed by atoms with Crippen molar-refractivity contribution in [3.8, 4) is 11.5 Å². The van der Waals surface area contributed by atoms with Gasteiger partial charge in [0.2, 0.25) is 0 Å². The number of piperidine rings is 1. The first kappa shape index (κ1) is 20.7. The highest BCUT2D eigenvalue weighted by molar-refractivity contribution is 6.06. The van der Waals surface area contributed by atoms with Crippen molar-refractivity contribution in [3.63, 3.8) is 0 Å². The Kier molecular flexibility index (Phi) is 7.11. The van der Waals surface area contributed by atoms with Crippen LogP contribution in [0.2, 0.25) is 0 Å². The average Bonchev–Trinajstić information content (AvgIpc) is 2.78. The van der Waals surface area contributed by atoms with E-state index < -0.39 is 0 Å². The van der Waals surface area contributed by atoms with Gasteiger partial charge in [-0.1, -0.05) is 18.2 Å². The fourth-order valence-corrected chi connectivity index (χ4v) is 3.37. The fourth-order valence-electron chi connectivity index (χ4n) is 3.37. The van der Waals surface area contributed by atoms with Gasteiger partial charge in [-0.05, 0) is 56.5 Å². The molecular weight excluding hydrogens is 368 g/mol. The highest BCUT2D eigenvalue weighted by atomic mass is 16.5. The molecule has 1 saturated heterocycles. The second-order valence-corrected chi connectivity index (χ2v) is 7.02. The fraction of sp³-hybridized carbons (Fsp3) is 0.391. The van der Waals surface area contributed by atoms with Gasteiger partial charge in [-0.15, -0.1) is 0 Å². The molecule has 0 bridgehead atoms. The lowest BCUT2D eigenvalue weighted by molar-refractivity contribution is -0.134. The second kappa shape index (κ2) is 9.96. The quantitative estimate of drug-likeness (QED) is 0.715. The van der Waals surface area contributed by atoms with Gasteiger partial charge < -0.3 is 19.3 Å². The summed E-state index contributed by atoms with van der Waals surface area (Å²) in [5.74, 6) is 0.770. The first-order valence-corrected chi connectivity index (χ1v) is 10.1. The SMILES string of the molecule is CCOc1cc(C(=O)N(C)c2ccccc2)ccc1OCC(=O)N1CCCCC1. The minimum atomic E-state index is -0.145. The van der Waals surface area contributed by atoms with Gasteiger partial charge in [-0.2, -0.15) is 0 Å². The van der Waals surface area contributed by atoms with Crippen LogP contribution in [0, 0.1) is 0 Å². The summed E-state index contributed by atoms with van der Waals surface area (Å²) in [4.78, 5) is 28.6. The van der Waals surface area contributed by atoms with Crippen LogP contribution in [0.15, 0.2) is 48.5 Å². The molecule has 154 valence electrons. The number of rotatable bonds is 7. The number of likely N-dealkylation sites (tertiary alicyclic amines) is 1. The van der Waals surface area contributed by atoms with E-state index in [2.05, 4.69) is 0 Å².